The zero-order valence-corrected chi connectivity index (χ0v) is 15.3. The Morgan fingerprint density at radius 2 is 2.00 bits per heavy atom. The maximum Gasteiger partial charge on any atom is 0.240 e. The number of H-pyrrole nitrogens is 1. The summed E-state index contributed by atoms with van der Waals surface area (Å²) in [5.41, 5.74) is 3.32. The van der Waals surface area contributed by atoms with Gasteiger partial charge in [-0.25, -0.2) is 13.4 Å². The summed E-state index contributed by atoms with van der Waals surface area (Å²) in [7, 11) is -3.29. The number of aromatic amines is 1. The molecule has 8 heteroatoms. The fourth-order valence-electron chi connectivity index (χ4n) is 4.43. The molecule has 1 saturated heterocycles. The van der Waals surface area contributed by atoms with Gasteiger partial charge in [0.25, 0.3) is 0 Å². The second kappa shape index (κ2) is 5.17. The third kappa shape index (κ3) is 2.12. The van der Waals surface area contributed by atoms with E-state index in [-0.39, 0.29) is 19.0 Å². The number of sulfonamides is 1. The highest BCUT2D eigenvalue weighted by molar-refractivity contribution is 7.88. The van der Waals surface area contributed by atoms with Gasteiger partial charge in [-0.2, -0.15) is 4.31 Å². The molecule has 26 heavy (non-hydrogen) atoms. The number of amides is 1. The highest BCUT2D eigenvalue weighted by Gasteiger charge is 2.59. The summed E-state index contributed by atoms with van der Waals surface area (Å²) in [6.45, 7) is 0.823. The molecule has 7 nitrogen and oxygen atoms in total. The van der Waals surface area contributed by atoms with Gasteiger partial charge in [0.2, 0.25) is 15.9 Å². The third-order valence-electron chi connectivity index (χ3n) is 5.79. The summed E-state index contributed by atoms with van der Waals surface area (Å²) in [4.78, 5) is 23.0. The molecule has 0 atom stereocenters. The SMILES string of the molecule is CS(=O)(=O)N1CC2(C1)C(=O)N(Cc1nc3c([nH]1)CCC3)c1ccccc12. The number of nitrogens with one attached hydrogen (secondary N) is 1. The highest BCUT2D eigenvalue weighted by Crippen LogP contribution is 2.48. The molecule has 0 radical (unpaired) electrons. The molecule has 1 aliphatic carbocycles. The molecular formula is C18H20N4O3S. The first-order valence-corrected chi connectivity index (χ1v) is 10.7. The number of carbonyl (C=O) groups is 1. The first-order valence-electron chi connectivity index (χ1n) is 8.82. The minimum absolute atomic E-state index is 0.0323. The summed E-state index contributed by atoms with van der Waals surface area (Å²) >= 11 is 0. The standard InChI is InChI=1S/C18H20N4O3S/c1-26(24,25)21-10-18(11-21)12-5-2-3-8-15(12)22(17(18)23)9-16-19-13-6-4-7-14(13)20-16/h2-3,5,8H,4,6-7,9-11H2,1H3,(H,19,20). The molecule has 1 aromatic heterocycles. The van der Waals surface area contributed by atoms with Crippen molar-refractivity contribution in [2.75, 3.05) is 24.2 Å². The van der Waals surface area contributed by atoms with Crippen LogP contribution in [0.3, 0.4) is 0 Å². The number of rotatable bonds is 3. The molecule has 2 aromatic rings. The van der Waals surface area contributed by atoms with Crippen LogP contribution in [0, 0.1) is 0 Å². The fourth-order valence-corrected chi connectivity index (χ4v) is 5.33. The Labute approximate surface area is 152 Å². The first kappa shape index (κ1) is 16.0. The van der Waals surface area contributed by atoms with E-state index in [2.05, 4.69) is 9.97 Å². The van der Waals surface area contributed by atoms with Crippen molar-refractivity contribution in [3.8, 4) is 0 Å². The van der Waals surface area contributed by atoms with Gasteiger partial charge < -0.3 is 9.88 Å². The zero-order chi connectivity index (χ0) is 18.1. The number of hydrogen-bond donors (Lipinski definition) is 1. The molecule has 0 unspecified atom stereocenters. The van der Waals surface area contributed by atoms with Crippen molar-refractivity contribution in [2.45, 2.75) is 31.2 Å². The Morgan fingerprint density at radius 3 is 2.73 bits per heavy atom. The minimum Gasteiger partial charge on any atom is -0.344 e. The largest absolute Gasteiger partial charge is 0.344 e. The number of imidazole rings is 1. The summed E-state index contributed by atoms with van der Waals surface area (Å²) in [5, 5.41) is 0. The van der Waals surface area contributed by atoms with Gasteiger partial charge in [-0.1, -0.05) is 18.2 Å². The summed E-state index contributed by atoms with van der Waals surface area (Å²) in [5.74, 6) is 0.768. The van der Waals surface area contributed by atoms with Gasteiger partial charge in [0.15, 0.2) is 0 Å². The molecule has 3 aliphatic rings. The predicted octanol–water partition coefficient (Wildman–Crippen LogP) is 0.958. The molecule has 0 saturated carbocycles. The molecule has 2 aliphatic heterocycles. The number of fused-ring (bicyclic) bond motifs is 3. The van der Waals surface area contributed by atoms with Crippen molar-refractivity contribution in [3.05, 3.63) is 47.0 Å². The van der Waals surface area contributed by atoms with E-state index < -0.39 is 15.4 Å². The van der Waals surface area contributed by atoms with Crippen LogP contribution in [-0.2, 0) is 39.6 Å². The molecule has 136 valence electrons. The highest BCUT2D eigenvalue weighted by atomic mass is 32.2. The molecule has 5 rings (SSSR count). The Hall–Kier alpha value is -2.19. The summed E-state index contributed by atoms with van der Waals surface area (Å²) in [6, 6.07) is 7.69. The number of benzene rings is 1. The topological polar surface area (TPSA) is 86.4 Å². The molecule has 1 aromatic carbocycles. The zero-order valence-electron chi connectivity index (χ0n) is 14.5. The molecule has 1 amide bonds. The van der Waals surface area contributed by atoms with Crippen LogP contribution in [0.2, 0.25) is 0 Å². The number of anilines is 1. The molecule has 3 heterocycles. The lowest BCUT2D eigenvalue weighted by Crippen LogP contribution is -2.64. The van der Waals surface area contributed by atoms with E-state index in [0.717, 1.165) is 42.0 Å². The number of nitrogens with zero attached hydrogens (tertiary/aromatic N) is 3. The van der Waals surface area contributed by atoms with Crippen LogP contribution in [-0.4, -0.2) is 47.9 Å². The average Bonchev–Trinajstić information content (AvgIpc) is 3.17. The lowest BCUT2D eigenvalue weighted by molar-refractivity contribution is -0.127. The van der Waals surface area contributed by atoms with Crippen molar-refractivity contribution >= 4 is 21.6 Å². The maximum absolute atomic E-state index is 13.3. The van der Waals surface area contributed by atoms with E-state index in [1.165, 1.54) is 16.3 Å². The van der Waals surface area contributed by atoms with E-state index >= 15 is 0 Å². The number of para-hydroxylation sites is 1. The maximum atomic E-state index is 13.3. The van der Waals surface area contributed by atoms with Crippen molar-refractivity contribution in [2.24, 2.45) is 0 Å². The Balaban J connectivity index is 1.49. The number of aryl methyl sites for hydroxylation is 2. The van der Waals surface area contributed by atoms with Crippen LogP contribution in [0.5, 0.6) is 0 Å². The second-order valence-corrected chi connectivity index (χ2v) is 9.47. The predicted molar refractivity (Wildman–Crippen MR) is 96.3 cm³/mol. The Bertz CT molecular complexity index is 999. The van der Waals surface area contributed by atoms with Gasteiger partial charge in [-0.3, -0.25) is 4.79 Å². The van der Waals surface area contributed by atoms with Crippen LogP contribution in [0.1, 0.15) is 29.2 Å². The van der Waals surface area contributed by atoms with Gasteiger partial charge >= 0.3 is 0 Å². The van der Waals surface area contributed by atoms with Crippen molar-refractivity contribution in [1.82, 2.24) is 14.3 Å². The smallest absolute Gasteiger partial charge is 0.240 e. The summed E-state index contributed by atoms with van der Waals surface area (Å²) in [6.07, 6.45) is 4.32. The molecule has 1 fully saturated rings. The normalized spacial score (nSPS) is 21.1. The quantitative estimate of drug-likeness (QED) is 0.869. The van der Waals surface area contributed by atoms with E-state index in [9.17, 15) is 13.2 Å². The second-order valence-electron chi connectivity index (χ2n) is 7.48. The first-order chi connectivity index (χ1) is 12.4. The molecule has 1 spiro atoms. The van der Waals surface area contributed by atoms with Crippen molar-refractivity contribution < 1.29 is 13.2 Å². The average molecular weight is 372 g/mol. The lowest BCUT2D eigenvalue weighted by atomic mass is 9.76. The molecule has 1 N–H and O–H groups in total. The van der Waals surface area contributed by atoms with Crippen LogP contribution < -0.4 is 4.90 Å². The monoisotopic (exact) mass is 372 g/mol. The van der Waals surface area contributed by atoms with Crippen LogP contribution in [0.25, 0.3) is 0 Å². The Kier molecular flexibility index (Phi) is 3.19. The van der Waals surface area contributed by atoms with E-state index in [1.807, 2.05) is 24.3 Å². The lowest BCUT2D eigenvalue weighted by Gasteiger charge is -2.45. The van der Waals surface area contributed by atoms with Gasteiger partial charge in [-0.15, -0.1) is 0 Å². The van der Waals surface area contributed by atoms with Crippen molar-refractivity contribution in [1.29, 1.82) is 0 Å². The summed E-state index contributed by atoms with van der Waals surface area (Å²) < 4.78 is 25.0. The van der Waals surface area contributed by atoms with E-state index in [0.29, 0.717) is 6.54 Å². The number of aromatic nitrogens is 2. The number of carbonyl (C=O) groups excluding carboxylic acids is 1. The van der Waals surface area contributed by atoms with E-state index in [1.54, 1.807) is 4.90 Å². The Morgan fingerprint density at radius 1 is 1.23 bits per heavy atom. The number of hydrogen-bond acceptors (Lipinski definition) is 4. The van der Waals surface area contributed by atoms with Crippen LogP contribution in [0.15, 0.2) is 24.3 Å². The van der Waals surface area contributed by atoms with Crippen LogP contribution >= 0.6 is 0 Å². The van der Waals surface area contributed by atoms with Gasteiger partial charge in [-0.05, 0) is 30.9 Å². The molecular weight excluding hydrogens is 352 g/mol. The third-order valence-corrected chi connectivity index (χ3v) is 6.98. The fraction of sp³-hybridized carbons (Fsp3) is 0.444. The minimum atomic E-state index is -3.29. The van der Waals surface area contributed by atoms with Gasteiger partial charge in [0.1, 0.15) is 11.2 Å². The van der Waals surface area contributed by atoms with Gasteiger partial charge in [0, 0.05) is 24.5 Å². The van der Waals surface area contributed by atoms with Gasteiger partial charge in [0.05, 0.1) is 18.5 Å². The van der Waals surface area contributed by atoms with Crippen LogP contribution in [0.4, 0.5) is 5.69 Å². The van der Waals surface area contributed by atoms with E-state index in [4.69, 9.17) is 0 Å². The van der Waals surface area contributed by atoms with Crippen molar-refractivity contribution in [3.63, 3.8) is 0 Å². The molecule has 0 bridgehead atoms.